The molecule has 0 aromatic heterocycles. The Balaban J connectivity index is 0.00000243. The normalized spacial score (nSPS) is 18.4. The smallest absolute Gasteiger partial charge is 0.228 e. The SMILES string of the molecule is C=[N+]1C(=CC=C2C=CC(=[N+](C)CC#N)C=C2)C(C)(C)c2ccccc21.[Cl-]. The zero-order valence-corrected chi connectivity index (χ0v) is 16.2. The highest BCUT2D eigenvalue weighted by Crippen LogP contribution is 2.45. The second kappa shape index (κ2) is 7.68. The van der Waals surface area contributed by atoms with Gasteiger partial charge >= 0.3 is 0 Å². The lowest BCUT2D eigenvalue weighted by atomic mass is 9.83. The Hall–Kier alpha value is -2.70. The van der Waals surface area contributed by atoms with Crippen molar-refractivity contribution in [2.24, 2.45) is 0 Å². The number of halogens is 1. The highest BCUT2D eigenvalue weighted by atomic mass is 35.5. The number of nitrogens with zero attached hydrogens (tertiary/aromatic N) is 3. The van der Waals surface area contributed by atoms with E-state index in [4.69, 9.17) is 5.26 Å². The minimum atomic E-state index is -0.0677. The van der Waals surface area contributed by atoms with Gasteiger partial charge < -0.3 is 12.4 Å². The third-order valence-corrected chi connectivity index (χ3v) is 4.87. The molecule has 1 aliphatic carbocycles. The summed E-state index contributed by atoms with van der Waals surface area (Å²) in [6, 6.07) is 10.6. The van der Waals surface area contributed by atoms with Crippen molar-refractivity contribution in [3.63, 3.8) is 0 Å². The van der Waals surface area contributed by atoms with Gasteiger partial charge in [0.15, 0.2) is 5.70 Å². The summed E-state index contributed by atoms with van der Waals surface area (Å²) in [7, 11) is 1.92. The van der Waals surface area contributed by atoms with Gasteiger partial charge in [0.25, 0.3) is 0 Å². The monoisotopic (exact) mass is 364 g/mol. The van der Waals surface area contributed by atoms with Crippen LogP contribution in [0.25, 0.3) is 0 Å². The fourth-order valence-electron chi connectivity index (χ4n) is 3.35. The maximum absolute atomic E-state index is 8.79. The van der Waals surface area contributed by atoms with Crippen LogP contribution in [0.2, 0.25) is 0 Å². The van der Waals surface area contributed by atoms with Gasteiger partial charge in [-0.25, -0.2) is 4.58 Å². The maximum atomic E-state index is 8.79. The van der Waals surface area contributed by atoms with Gasteiger partial charge in [-0.15, -0.1) is 0 Å². The van der Waals surface area contributed by atoms with Crippen LogP contribution in [0.4, 0.5) is 5.69 Å². The van der Waals surface area contributed by atoms with E-state index in [1.54, 1.807) is 0 Å². The summed E-state index contributed by atoms with van der Waals surface area (Å²) in [5.41, 5.74) is 5.75. The minimum absolute atomic E-state index is 0. The standard InChI is InChI=1S/C22H23N3.ClH/c1-22(2)19-7-5-6-8-20(19)25(4)21(22)14-11-17-9-12-18(13-10-17)24(3)16-15-23;/h5-14H,4,16H2,1-3H3;1H/q+2;/p-1. The van der Waals surface area contributed by atoms with Crippen molar-refractivity contribution in [1.29, 1.82) is 5.26 Å². The molecule has 3 rings (SSSR count). The molecular weight excluding hydrogens is 342 g/mol. The molecular formula is C22H23ClN3+. The molecule has 0 N–H and O–H groups in total. The van der Waals surface area contributed by atoms with Crippen molar-refractivity contribution < 1.29 is 21.6 Å². The average Bonchev–Trinajstić information content (AvgIpc) is 2.81. The van der Waals surface area contributed by atoms with Gasteiger partial charge in [0.2, 0.25) is 17.9 Å². The number of nitriles is 1. The van der Waals surface area contributed by atoms with E-state index < -0.39 is 0 Å². The van der Waals surface area contributed by atoms with Crippen LogP contribution in [0.1, 0.15) is 19.4 Å². The number of fused-ring (bicyclic) bond motifs is 1. The van der Waals surface area contributed by atoms with Crippen molar-refractivity contribution in [2.75, 3.05) is 13.6 Å². The third kappa shape index (κ3) is 3.47. The lowest BCUT2D eigenvalue weighted by Crippen LogP contribution is -3.00. The summed E-state index contributed by atoms with van der Waals surface area (Å²) >= 11 is 0. The Kier molecular flexibility index (Phi) is 5.79. The van der Waals surface area contributed by atoms with Crippen molar-refractivity contribution in [3.8, 4) is 6.07 Å². The Labute approximate surface area is 161 Å². The van der Waals surface area contributed by atoms with E-state index in [1.807, 2.05) is 28.4 Å². The fraction of sp³-hybridized carbons (Fsp3) is 0.227. The van der Waals surface area contributed by atoms with Gasteiger partial charge in [0, 0.05) is 29.9 Å². The molecule has 4 heteroatoms. The molecule has 26 heavy (non-hydrogen) atoms. The van der Waals surface area contributed by atoms with Crippen LogP contribution >= 0.6 is 0 Å². The average molecular weight is 365 g/mol. The second-order valence-corrected chi connectivity index (χ2v) is 6.89. The summed E-state index contributed by atoms with van der Waals surface area (Å²) in [5, 5.41) is 8.79. The Bertz CT molecular complexity index is 916. The molecule has 0 amide bonds. The van der Waals surface area contributed by atoms with Crippen molar-refractivity contribution in [1.82, 2.24) is 0 Å². The summed E-state index contributed by atoms with van der Waals surface area (Å²) < 4.78 is 3.96. The largest absolute Gasteiger partial charge is 1.00 e. The van der Waals surface area contributed by atoms with Gasteiger partial charge in [0.1, 0.15) is 19.8 Å². The molecule has 0 spiro atoms. The Morgan fingerprint density at radius 2 is 1.81 bits per heavy atom. The van der Waals surface area contributed by atoms with Crippen LogP contribution in [0.3, 0.4) is 0 Å². The quantitative estimate of drug-likeness (QED) is 0.565. The van der Waals surface area contributed by atoms with E-state index in [9.17, 15) is 0 Å². The topological polar surface area (TPSA) is 29.8 Å². The zero-order chi connectivity index (χ0) is 18.0. The third-order valence-electron chi connectivity index (χ3n) is 4.87. The molecule has 0 saturated carbocycles. The van der Waals surface area contributed by atoms with Gasteiger partial charge in [0.05, 0.1) is 5.41 Å². The predicted molar refractivity (Wildman–Crippen MR) is 103 cm³/mol. The molecule has 0 fully saturated rings. The summed E-state index contributed by atoms with van der Waals surface area (Å²) in [4.78, 5) is 0. The first kappa shape index (κ1) is 19.6. The number of allylic oxidation sites excluding steroid dienone is 8. The van der Waals surface area contributed by atoms with Crippen molar-refractivity contribution in [2.45, 2.75) is 19.3 Å². The van der Waals surface area contributed by atoms with E-state index in [1.165, 1.54) is 16.9 Å². The number of rotatable bonds is 2. The van der Waals surface area contributed by atoms with Crippen LogP contribution in [-0.2, 0) is 5.41 Å². The molecule has 3 nitrogen and oxygen atoms in total. The molecule has 1 aromatic carbocycles. The van der Waals surface area contributed by atoms with Crippen LogP contribution < -0.4 is 12.4 Å². The molecule has 0 atom stereocenters. The minimum Gasteiger partial charge on any atom is -1.00 e. The molecule has 1 aromatic rings. The van der Waals surface area contributed by atoms with Crippen LogP contribution in [0.15, 0.2) is 72.0 Å². The van der Waals surface area contributed by atoms with Crippen molar-refractivity contribution in [3.05, 3.63) is 77.6 Å². The number of hydrogen-bond donors (Lipinski definition) is 0. The van der Waals surface area contributed by atoms with Gasteiger partial charge in [-0.3, -0.25) is 0 Å². The number of para-hydroxylation sites is 1. The molecule has 0 saturated heterocycles. The molecule has 0 unspecified atom stereocenters. The first-order chi connectivity index (χ1) is 11.9. The van der Waals surface area contributed by atoms with Gasteiger partial charge in [-0.05, 0) is 37.6 Å². The van der Waals surface area contributed by atoms with E-state index in [0.717, 1.165) is 11.3 Å². The highest BCUT2D eigenvalue weighted by molar-refractivity contribution is 6.02. The van der Waals surface area contributed by atoms with E-state index in [-0.39, 0.29) is 17.8 Å². The summed E-state index contributed by atoms with van der Waals surface area (Å²) in [6.07, 6.45) is 12.5. The number of hydrogen-bond acceptors (Lipinski definition) is 1. The molecule has 0 bridgehead atoms. The number of benzene rings is 1. The molecule has 1 heterocycles. The first-order valence-corrected chi connectivity index (χ1v) is 8.39. The molecule has 1 aliphatic heterocycles. The summed E-state index contributed by atoms with van der Waals surface area (Å²) in [5.74, 6) is 0. The highest BCUT2D eigenvalue weighted by Gasteiger charge is 2.44. The van der Waals surface area contributed by atoms with Crippen LogP contribution in [-0.4, -0.2) is 35.2 Å². The Morgan fingerprint density at radius 1 is 1.15 bits per heavy atom. The van der Waals surface area contributed by atoms with Crippen molar-refractivity contribution >= 4 is 18.1 Å². The second-order valence-electron chi connectivity index (χ2n) is 6.89. The van der Waals surface area contributed by atoms with E-state index >= 15 is 0 Å². The maximum Gasteiger partial charge on any atom is 0.228 e. The van der Waals surface area contributed by atoms with Gasteiger partial charge in [-0.2, -0.15) is 9.84 Å². The summed E-state index contributed by atoms with van der Waals surface area (Å²) in [6.45, 7) is 9.08. The predicted octanol–water partition coefficient (Wildman–Crippen LogP) is 0.870. The molecule has 2 aliphatic rings. The lowest BCUT2D eigenvalue weighted by molar-refractivity contribution is -0.482. The molecule has 0 radical (unpaired) electrons. The molecule has 132 valence electrons. The van der Waals surface area contributed by atoms with E-state index in [2.05, 4.69) is 75.2 Å². The lowest BCUT2D eigenvalue weighted by Gasteiger charge is -2.14. The van der Waals surface area contributed by atoms with Crippen LogP contribution in [0, 0.1) is 11.3 Å². The zero-order valence-electron chi connectivity index (χ0n) is 15.4. The fourth-order valence-corrected chi connectivity index (χ4v) is 3.35. The van der Waals surface area contributed by atoms with Crippen LogP contribution in [0.5, 0.6) is 0 Å². The van der Waals surface area contributed by atoms with E-state index in [0.29, 0.717) is 6.54 Å². The first-order valence-electron chi connectivity index (χ1n) is 8.39. The van der Waals surface area contributed by atoms with Gasteiger partial charge in [-0.1, -0.05) is 18.2 Å². The Morgan fingerprint density at radius 3 is 2.42 bits per heavy atom.